The number of halogens is 1. The Morgan fingerprint density at radius 2 is 1.76 bits per heavy atom. The van der Waals surface area contributed by atoms with Crippen LogP contribution in [0.25, 0.3) is 16.8 Å². The van der Waals surface area contributed by atoms with Crippen LogP contribution in [0.3, 0.4) is 0 Å². The van der Waals surface area contributed by atoms with Crippen LogP contribution >= 0.6 is 22.6 Å². The van der Waals surface area contributed by atoms with Crippen LogP contribution in [0.5, 0.6) is 11.5 Å². The number of piperazine rings is 1. The smallest absolute Gasteiger partial charge is 0.245 e. The number of anilines is 3. The van der Waals surface area contributed by atoms with Gasteiger partial charge in [0.05, 0.1) is 41.4 Å². The SMILES string of the molecule is COc1cc(N2CCCC(N3CCN(C(C)=O)CC3)C2I)ccc1Nc1ncc2ccc(-c3ccccc3OC)n2n1. The molecule has 0 bridgehead atoms. The monoisotopic (exact) mass is 681 g/mol. The number of piperidine rings is 1. The van der Waals surface area contributed by atoms with Gasteiger partial charge in [0.25, 0.3) is 0 Å². The largest absolute Gasteiger partial charge is 0.496 e. The van der Waals surface area contributed by atoms with Crippen LogP contribution in [0.1, 0.15) is 19.8 Å². The molecule has 1 amide bonds. The molecule has 11 heteroatoms. The maximum Gasteiger partial charge on any atom is 0.245 e. The maximum atomic E-state index is 11.8. The molecule has 2 saturated heterocycles. The van der Waals surface area contributed by atoms with E-state index < -0.39 is 0 Å². The normalized spacial score (nSPS) is 19.6. The summed E-state index contributed by atoms with van der Waals surface area (Å²) in [6, 6.07) is 18.6. The molecular weight excluding hydrogens is 645 g/mol. The molecule has 2 unspecified atom stereocenters. The number of methoxy groups -OCH3 is 2. The number of hydrogen-bond donors (Lipinski definition) is 1. The van der Waals surface area contributed by atoms with Crippen LogP contribution in [-0.2, 0) is 4.79 Å². The maximum absolute atomic E-state index is 11.8. The van der Waals surface area contributed by atoms with Gasteiger partial charge >= 0.3 is 0 Å². The second kappa shape index (κ2) is 12.3. The molecule has 2 aromatic heterocycles. The van der Waals surface area contributed by atoms with E-state index in [1.54, 1.807) is 27.3 Å². The molecule has 10 nitrogen and oxygen atoms in total. The van der Waals surface area contributed by atoms with Gasteiger partial charge < -0.3 is 24.6 Å². The van der Waals surface area contributed by atoms with Gasteiger partial charge in [-0.2, -0.15) is 0 Å². The highest BCUT2D eigenvalue weighted by Gasteiger charge is 2.35. The highest BCUT2D eigenvalue weighted by Crippen LogP contribution is 2.37. The first-order chi connectivity index (χ1) is 20.5. The number of hydrogen-bond acceptors (Lipinski definition) is 8. The van der Waals surface area contributed by atoms with Crippen LogP contribution in [-0.4, -0.2) is 87.3 Å². The van der Waals surface area contributed by atoms with Gasteiger partial charge in [0, 0.05) is 63.0 Å². The summed E-state index contributed by atoms with van der Waals surface area (Å²) < 4.78 is 13.6. The Kier molecular flexibility index (Phi) is 8.38. The van der Waals surface area contributed by atoms with Gasteiger partial charge in [0.1, 0.15) is 11.5 Å². The number of rotatable bonds is 7. The van der Waals surface area contributed by atoms with Crippen LogP contribution in [0.15, 0.2) is 60.8 Å². The third-order valence-corrected chi connectivity index (χ3v) is 9.79. The molecule has 4 aromatic rings. The molecule has 2 fully saturated rings. The fourth-order valence-electron chi connectivity index (χ4n) is 6.04. The summed E-state index contributed by atoms with van der Waals surface area (Å²) in [4.78, 5) is 23.3. The van der Waals surface area contributed by atoms with Crippen LogP contribution in [0.2, 0.25) is 0 Å². The predicted molar refractivity (Wildman–Crippen MR) is 173 cm³/mol. The first-order valence-electron chi connectivity index (χ1n) is 14.3. The molecule has 2 aliphatic heterocycles. The van der Waals surface area contributed by atoms with E-state index in [1.165, 1.54) is 0 Å². The van der Waals surface area contributed by atoms with Crippen molar-refractivity contribution < 1.29 is 14.3 Å². The summed E-state index contributed by atoms with van der Waals surface area (Å²) in [5.41, 5.74) is 4.69. The Balaban J connectivity index is 1.21. The van der Waals surface area contributed by atoms with Gasteiger partial charge in [-0.25, -0.2) is 9.50 Å². The van der Waals surface area contributed by atoms with E-state index in [0.29, 0.717) is 16.0 Å². The Morgan fingerprint density at radius 1 is 0.976 bits per heavy atom. The van der Waals surface area contributed by atoms with Crippen molar-refractivity contribution in [3.63, 3.8) is 0 Å². The molecule has 0 aliphatic carbocycles. The number of nitrogens with zero attached hydrogens (tertiary/aromatic N) is 6. The van der Waals surface area contributed by atoms with Crippen LogP contribution < -0.4 is 19.7 Å². The van der Waals surface area contributed by atoms with Crippen LogP contribution in [0, 0.1) is 0 Å². The lowest BCUT2D eigenvalue weighted by molar-refractivity contribution is -0.130. The lowest BCUT2D eigenvalue weighted by Gasteiger charge is -2.47. The molecule has 0 saturated carbocycles. The first-order valence-corrected chi connectivity index (χ1v) is 15.5. The third-order valence-electron chi connectivity index (χ3n) is 8.29. The molecule has 4 heterocycles. The number of amides is 1. The Bertz CT molecular complexity index is 1570. The Morgan fingerprint density at radius 3 is 2.52 bits per heavy atom. The van der Waals surface area contributed by atoms with Crippen molar-refractivity contribution in [3.05, 3.63) is 60.8 Å². The molecule has 6 rings (SSSR count). The fraction of sp³-hybridized carbons (Fsp3) is 0.387. The number of alkyl halides is 1. The summed E-state index contributed by atoms with van der Waals surface area (Å²) in [6.07, 6.45) is 4.09. The molecule has 2 atom stereocenters. The van der Waals surface area contributed by atoms with Crippen molar-refractivity contribution in [2.45, 2.75) is 29.9 Å². The topological polar surface area (TPSA) is 87.5 Å². The van der Waals surface area contributed by atoms with Crippen molar-refractivity contribution in [1.29, 1.82) is 0 Å². The van der Waals surface area contributed by atoms with E-state index in [-0.39, 0.29) is 5.91 Å². The van der Waals surface area contributed by atoms with Gasteiger partial charge in [-0.3, -0.25) is 9.69 Å². The molecule has 0 radical (unpaired) electrons. The number of nitrogens with one attached hydrogen (secondary N) is 1. The minimum absolute atomic E-state index is 0.169. The van der Waals surface area contributed by atoms with Gasteiger partial charge in [-0.05, 0) is 49.2 Å². The average Bonchev–Trinajstić information content (AvgIpc) is 3.44. The van der Waals surface area contributed by atoms with Crippen LogP contribution in [0.4, 0.5) is 17.3 Å². The summed E-state index contributed by atoms with van der Waals surface area (Å²) in [5.74, 6) is 2.15. The summed E-state index contributed by atoms with van der Waals surface area (Å²) in [6.45, 7) is 6.12. The average molecular weight is 682 g/mol. The molecule has 1 N–H and O–H groups in total. The quantitative estimate of drug-likeness (QED) is 0.165. The molecule has 0 spiro atoms. The summed E-state index contributed by atoms with van der Waals surface area (Å²) in [7, 11) is 3.36. The number of ether oxygens (including phenoxy) is 2. The number of fused-ring (bicyclic) bond motifs is 1. The number of para-hydroxylation sites is 1. The van der Waals surface area contributed by atoms with E-state index >= 15 is 0 Å². The fourth-order valence-corrected chi connectivity index (χ4v) is 7.45. The van der Waals surface area contributed by atoms with E-state index in [9.17, 15) is 4.79 Å². The van der Waals surface area contributed by atoms with E-state index in [4.69, 9.17) is 14.6 Å². The number of carbonyl (C=O) groups excluding carboxylic acids is 1. The van der Waals surface area contributed by atoms with Gasteiger partial charge in [0.2, 0.25) is 11.9 Å². The zero-order valence-electron chi connectivity index (χ0n) is 24.2. The van der Waals surface area contributed by atoms with E-state index in [2.05, 4.69) is 54.8 Å². The number of benzene rings is 2. The minimum atomic E-state index is 0.169. The predicted octanol–water partition coefficient (Wildman–Crippen LogP) is 5.05. The zero-order valence-corrected chi connectivity index (χ0v) is 26.3. The Hall–Kier alpha value is -3.58. The van der Waals surface area contributed by atoms with Crippen molar-refractivity contribution in [2.75, 3.05) is 57.2 Å². The highest BCUT2D eigenvalue weighted by molar-refractivity contribution is 14.1. The van der Waals surface area contributed by atoms with Crippen molar-refractivity contribution in [2.24, 2.45) is 0 Å². The summed E-state index contributed by atoms with van der Waals surface area (Å²) in [5, 5.41) is 8.17. The van der Waals surface area contributed by atoms with Gasteiger partial charge in [0.15, 0.2) is 0 Å². The molecule has 42 heavy (non-hydrogen) atoms. The van der Waals surface area contributed by atoms with Gasteiger partial charge in [-0.1, -0.05) is 34.7 Å². The lowest BCUT2D eigenvalue weighted by Crippen LogP contribution is -2.58. The van der Waals surface area contributed by atoms with Crippen molar-refractivity contribution >= 4 is 51.3 Å². The lowest BCUT2D eigenvalue weighted by atomic mass is 10.0. The van der Waals surface area contributed by atoms with Crippen molar-refractivity contribution in [3.8, 4) is 22.8 Å². The number of aromatic nitrogens is 3. The van der Waals surface area contributed by atoms with Gasteiger partial charge in [-0.15, -0.1) is 5.10 Å². The molecular formula is C31H36IN7O3. The van der Waals surface area contributed by atoms with E-state index in [1.807, 2.05) is 51.9 Å². The first kappa shape index (κ1) is 28.5. The second-order valence-electron chi connectivity index (χ2n) is 10.7. The molecule has 220 valence electrons. The second-order valence-corrected chi connectivity index (χ2v) is 11.9. The highest BCUT2D eigenvalue weighted by atomic mass is 127. The Labute approximate surface area is 259 Å². The zero-order chi connectivity index (χ0) is 29.2. The minimum Gasteiger partial charge on any atom is -0.496 e. The van der Waals surface area contributed by atoms with E-state index in [0.717, 1.165) is 85.2 Å². The summed E-state index contributed by atoms with van der Waals surface area (Å²) >= 11 is 2.59. The standard InChI is InChI=1S/C31H36IN7O3/c1-21(40)36-15-17-37(18-16-36)27-8-6-14-38(30(27)32)22-10-12-25(29(19-22)42-3)34-31-33-20-23-11-13-26(39(23)35-31)24-7-4-5-9-28(24)41-2/h4-5,7,9-13,19-20,27,30H,6,8,14-18H2,1-3H3,(H,34,35). The molecule has 2 aromatic carbocycles. The molecule has 2 aliphatic rings. The van der Waals surface area contributed by atoms with Crippen molar-refractivity contribution in [1.82, 2.24) is 24.4 Å². The number of carbonyl (C=O) groups is 1. The third kappa shape index (κ3) is 5.59.